The van der Waals surface area contributed by atoms with E-state index in [1.807, 2.05) is 0 Å². The van der Waals surface area contributed by atoms with Crippen LogP contribution in [0.2, 0.25) is 0 Å². The molecule has 0 atom stereocenters. The summed E-state index contributed by atoms with van der Waals surface area (Å²) in [4.78, 5) is 22.3. The van der Waals surface area contributed by atoms with Crippen molar-refractivity contribution in [1.29, 1.82) is 0 Å². The molecular weight excluding hydrogens is 295 g/mol. The molecular formula is C13H13FN4O2S. The molecule has 0 aliphatic rings. The molecule has 1 heterocycles. The van der Waals surface area contributed by atoms with E-state index in [1.54, 1.807) is 18.2 Å². The van der Waals surface area contributed by atoms with Gasteiger partial charge in [0.1, 0.15) is 5.82 Å². The van der Waals surface area contributed by atoms with Gasteiger partial charge in [0, 0.05) is 25.5 Å². The Morgan fingerprint density at radius 2 is 2.05 bits per heavy atom. The van der Waals surface area contributed by atoms with Gasteiger partial charge in [-0.1, -0.05) is 23.5 Å². The van der Waals surface area contributed by atoms with Crippen LogP contribution >= 0.6 is 11.3 Å². The molecule has 110 valence electrons. The van der Waals surface area contributed by atoms with E-state index in [0.29, 0.717) is 15.7 Å². The van der Waals surface area contributed by atoms with Crippen LogP contribution in [0.4, 0.5) is 9.52 Å². The number of carbonyl (C=O) groups excluding carboxylic acids is 2. The summed E-state index contributed by atoms with van der Waals surface area (Å²) < 4.78 is 13.6. The monoisotopic (exact) mass is 308 g/mol. The zero-order valence-electron chi connectivity index (χ0n) is 11.2. The lowest BCUT2D eigenvalue weighted by Crippen LogP contribution is -2.25. The van der Waals surface area contributed by atoms with Gasteiger partial charge in [0.15, 0.2) is 5.01 Å². The molecule has 0 unspecified atom stereocenters. The van der Waals surface area contributed by atoms with Crippen LogP contribution in [0.5, 0.6) is 0 Å². The average Bonchev–Trinajstić information content (AvgIpc) is 2.87. The van der Waals surface area contributed by atoms with E-state index in [0.717, 1.165) is 11.3 Å². The third-order valence-corrected chi connectivity index (χ3v) is 3.37. The number of halogens is 1. The van der Waals surface area contributed by atoms with Crippen LogP contribution in [0.15, 0.2) is 24.3 Å². The van der Waals surface area contributed by atoms with Crippen molar-refractivity contribution in [2.45, 2.75) is 13.3 Å². The molecule has 0 radical (unpaired) electrons. The van der Waals surface area contributed by atoms with Crippen molar-refractivity contribution in [3.8, 4) is 10.6 Å². The Kier molecular flexibility index (Phi) is 4.94. The highest BCUT2D eigenvalue weighted by molar-refractivity contribution is 7.18. The van der Waals surface area contributed by atoms with Gasteiger partial charge in [0.2, 0.25) is 16.9 Å². The third kappa shape index (κ3) is 4.32. The molecule has 0 spiro atoms. The lowest BCUT2D eigenvalue weighted by Gasteiger charge is -2.01. The van der Waals surface area contributed by atoms with Crippen molar-refractivity contribution in [3.05, 3.63) is 30.1 Å². The molecule has 2 N–H and O–H groups in total. The van der Waals surface area contributed by atoms with Gasteiger partial charge < -0.3 is 10.6 Å². The molecule has 0 saturated heterocycles. The molecule has 2 aromatic rings. The summed E-state index contributed by atoms with van der Waals surface area (Å²) in [6.45, 7) is 1.63. The summed E-state index contributed by atoms with van der Waals surface area (Å²) in [6.07, 6.45) is 0.133. The normalized spacial score (nSPS) is 10.2. The molecule has 0 bridgehead atoms. The largest absolute Gasteiger partial charge is 0.356 e. The second-order valence-corrected chi connectivity index (χ2v) is 5.15. The quantitative estimate of drug-likeness (QED) is 0.882. The lowest BCUT2D eigenvalue weighted by molar-refractivity contribution is -0.119. The maximum atomic E-state index is 13.6. The summed E-state index contributed by atoms with van der Waals surface area (Å²) in [5.74, 6) is -0.877. The number of hydrogen-bond donors (Lipinski definition) is 2. The maximum Gasteiger partial charge on any atom is 0.227 e. The Balaban J connectivity index is 1.96. The van der Waals surface area contributed by atoms with Gasteiger partial charge in [-0.25, -0.2) is 4.39 Å². The van der Waals surface area contributed by atoms with Crippen molar-refractivity contribution < 1.29 is 14.0 Å². The number of anilines is 1. The van der Waals surface area contributed by atoms with Gasteiger partial charge in [0.25, 0.3) is 0 Å². The fourth-order valence-electron chi connectivity index (χ4n) is 1.55. The standard InChI is InChI=1S/C13H13FN4O2S/c1-8(19)15-7-6-11(20)16-13-18-17-12(21-13)9-4-2-3-5-10(9)14/h2-5H,6-7H2,1H3,(H,15,19)(H,16,18,20). The summed E-state index contributed by atoms with van der Waals surface area (Å²) in [7, 11) is 0. The Morgan fingerprint density at radius 3 is 2.76 bits per heavy atom. The number of nitrogens with zero attached hydrogens (tertiary/aromatic N) is 2. The summed E-state index contributed by atoms with van der Waals surface area (Å²) in [5, 5.41) is 13.4. The Morgan fingerprint density at radius 1 is 1.29 bits per heavy atom. The van der Waals surface area contributed by atoms with E-state index in [4.69, 9.17) is 0 Å². The highest BCUT2D eigenvalue weighted by atomic mass is 32.1. The summed E-state index contributed by atoms with van der Waals surface area (Å²) >= 11 is 1.09. The number of carbonyl (C=O) groups is 2. The lowest BCUT2D eigenvalue weighted by atomic mass is 10.2. The van der Waals surface area contributed by atoms with Crippen molar-refractivity contribution in [2.75, 3.05) is 11.9 Å². The van der Waals surface area contributed by atoms with Gasteiger partial charge in [-0.05, 0) is 12.1 Å². The molecule has 0 fully saturated rings. The van der Waals surface area contributed by atoms with Gasteiger partial charge in [-0.2, -0.15) is 0 Å². The van der Waals surface area contributed by atoms with E-state index in [2.05, 4.69) is 20.8 Å². The predicted octanol–water partition coefficient (Wildman–Crippen LogP) is 1.81. The smallest absolute Gasteiger partial charge is 0.227 e. The van der Waals surface area contributed by atoms with Crippen molar-refractivity contribution in [3.63, 3.8) is 0 Å². The van der Waals surface area contributed by atoms with E-state index in [-0.39, 0.29) is 24.8 Å². The second kappa shape index (κ2) is 6.89. The number of amides is 2. The fraction of sp³-hybridized carbons (Fsp3) is 0.231. The molecule has 1 aromatic carbocycles. The Labute approximate surface area is 124 Å². The van der Waals surface area contributed by atoms with E-state index < -0.39 is 5.82 Å². The van der Waals surface area contributed by atoms with Crippen LogP contribution in [0.3, 0.4) is 0 Å². The van der Waals surface area contributed by atoms with Crippen LogP contribution in [0.1, 0.15) is 13.3 Å². The second-order valence-electron chi connectivity index (χ2n) is 4.17. The van der Waals surface area contributed by atoms with Gasteiger partial charge in [-0.15, -0.1) is 10.2 Å². The van der Waals surface area contributed by atoms with E-state index >= 15 is 0 Å². The highest BCUT2D eigenvalue weighted by Crippen LogP contribution is 2.28. The fourth-order valence-corrected chi connectivity index (χ4v) is 2.34. The van der Waals surface area contributed by atoms with Crippen molar-refractivity contribution in [1.82, 2.24) is 15.5 Å². The van der Waals surface area contributed by atoms with Crippen LogP contribution < -0.4 is 10.6 Å². The van der Waals surface area contributed by atoms with Gasteiger partial charge in [0.05, 0.1) is 0 Å². The number of nitrogens with one attached hydrogen (secondary N) is 2. The minimum Gasteiger partial charge on any atom is -0.356 e. The first-order valence-electron chi connectivity index (χ1n) is 6.19. The van der Waals surface area contributed by atoms with Crippen LogP contribution in [0, 0.1) is 5.82 Å². The molecule has 6 nitrogen and oxygen atoms in total. The number of rotatable bonds is 5. The number of hydrogen-bond acceptors (Lipinski definition) is 5. The predicted molar refractivity (Wildman–Crippen MR) is 77.2 cm³/mol. The molecule has 21 heavy (non-hydrogen) atoms. The van der Waals surface area contributed by atoms with E-state index in [1.165, 1.54) is 13.0 Å². The highest BCUT2D eigenvalue weighted by Gasteiger charge is 2.12. The Hall–Kier alpha value is -2.35. The first-order valence-corrected chi connectivity index (χ1v) is 7.00. The van der Waals surface area contributed by atoms with Crippen LogP contribution in [-0.4, -0.2) is 28.6 Å². The molecule has 0 saturated carbocycles. The number of benzene rings is 1. The summed E-state index contributed by atoms with van der Waals surface area (Å²) in [5.41, 5.74) is 0.341. The van der Waals surface area contributed by atoms with Gasteiger partial charge >= 0.3 is 0 Å². The first-order chi connectivity index (χ1) is 10.1. The molecule has 0 aliphatic carbocycles. The van der Waals surface area contributed by atoms with Crippen molar-refractivity contribution >= 4 is 28.3 Å². The molecule has 2 amide bonds. The SMILES string of the molecule is CC(=O)NCCC(=O)Nc1nnc(-c2ccccc2F)s1. The van der Waals surface area contributed by atoms with Gasteiger partial charge in [-0.3, -0.25) is 9.59 Å². The average molecular weight is 308 g/mol. The topological polar surface area (TPSA) is 84.0 Å². The maximum absolute atomic E-state index is 13.6. The van der Waals surface area contributed by atoms with Crippen molar-refractivity contribution in [2.24, 2.45) is 0 Å². The minimum atomic E-state index is -0.391. The minimum absolute atomic E-state index is 0.133. The Bertz CT molecular complexity index is 659. The first kappa shape index (κ1) is 15.0. The molecule has 0 aliphatic heterocycles. The molecule has 8 heteroatoms. The summed E-state index contributed by atoms with van der Waals surface area (Å²) in [6, 6.07) is 6.22. The van der Waals surface area contributed by atoms with Crippen LogP contribution in [0.25, 0.3) is 10.6 Å². The third-order valence-electron chi connectivity index (χ3n) is 2.50. The van der Waals surface area contributed by atoms with E-state index in [9.17, 15) is 14.0 Å². The molecule has 1 aromatic heterocycles. The number of aromatic nitrogens is 2. The van der Waals surface area contributed by atoms with Crippen LogP contribution in [-0.2, 0) is 9.59 Å². The molecule has 2 rings (SSSR count). The zero-order valence-corrected chi connectivity index (χ0v) is 12.0. The zero-order chi connectivity index (χ0) is 15.2.